The molecule has 6 heteroatoms. The lowest BCUT2D eigenvalue weighted by Crippen LogP contribution is -2.39. The molecule has 5 rings (SSSR count). The Labute approximate surface area is 174 Å². The van der Waals surface area contributed by atoms with Gasteiger partial charge in [0.15, 0.2) is 5.82 Å². The van der Waals surface area contributed by atoms with Gasteiger partial charge in [-0.15, -0.1) is 0 Å². The van der Waals surface area contributed by atoms with Gasteiger partial charge >= 0.3 is 0 Å². The van der Waals surface area contributed by atoms with Gasteiger partial charge in [0.25, 0.3) is 0 Å². The Morgan fingerprint density at radius 1 is 0.867 bits per heavy atom. The maximum absolute atomic E-state index is 14.0. The molecule has 3 heterocycles. The van der Waals surface area contributed by atoms with E-state index >= 15 is 0 Å². The van der Waals surface area contributed by atoms with Crippen molar-refractivity contribution in [3.63, 3.8) is 0 Å². The SMILES string of the molecule is Fc1ccccc1NC1CCN(c2nc(-c3ccncc3)nc3ccccc23)CC1. The second-order valence-electron chi connectivity index (χ2n) is 7.51. The Kier molecular flexibility index (Phi) is 4.97. The van der Waals surface area contributed by atoms with Crippen molar-refractivity contribution in [1.29, 1.82) is 0 Å². The molecule has 0 saturated carbocycles. The third-order valence-electron chi connectivity index (χ3n) is 5.55. The van der Waals surface area contributed by atoms with E-state index in [4.69, 9.17) is 9.97 Å². The number of aromatic nitrogens is 3. The van der Waals surface area contributed by atoms with Gasteiger partial charge in [-0.1, -0.05) is 24.3 Å². The summed E-state index contributed by atoms with van der Waals surface area (Å²) in [6.07, 6.45) is 5.34. The third-order valence-corrected chi connectivity index (χ3v) is 5.55. The van der Waals surface area contributed by atoms with Crippen LogP contribution in [-0.4, -0.2) is 34.1 Å². The van der Waals surface area contributed by atoms with Crippen molar-refractivity contribution in [2.45, 2.75) is 18.9 Å². The zero-order valence-corrected chi connectivity index (χ0v) is 16.5. The molecule has 0 unspecified atom stereocenters. The molecule has 0 radical (unpaired) electrons. The number of rotatable bonds is 4. The van der Waals surface area contributed by atoms with E-state index in [-0.39, 0.29) is 11.9 Å². The number of pyridine rings is 1. The van der Waals surface area contributed by atoms with Crippen LogP contribution in [-0.2, 0) is 0 Å². The molecule has 0 bridgehead atoms. The van der Waals surface area contributed by atoms with E-state index < -0.39 is 0 Å². The van der Waals surface area contributed by atoms with Crippen LogP contribution in [0.5, 0.6) is 0 Å². The molecule has 1 saturated heterocycles. The van der Waals surface area contributed by atoms with E-state index in [0.29, 0.717) is 11.5 Å². The van der Waals surface area contributed by atoms with Crippen molar-refractivity contribution in [1.82, 2.24) is 15.0 Å². The van der Waals surface area contributed by atoms with Crippen molar-refractivity contribution in [3.05, 3.63) is 78.9 Å². The predicted molar refractivity (Wildman–Crippen MR) is 118 cm³/mol. The highest BCUT2D eigenvalue weighted by Crippen LogP contribution is 2.30. The van der Waals surface area contributed by atoms with Gasteiger partial charge < -0.3 is 10.2 Å². The summed E-state index contributed by atoms with van der Waals surface area (Å²) in [5, 5.41) is 4.41. The maximum Gasteiger partial charge on any atom is 0.162 e. The summed E-state index contributed by atoms with van der Waals surface area (Å²) in [5.41, 5.74) is 2.46. The summed E-state index contributed by atoms with van der Waals surface area (Å²) in [6.45, 7) is 1.70. The number of nitrogens with zero attached hydrogens (tertiary/aromatic N) is 4. The first kappa shape index (κ1) is 18.5. The molecule has 2 aromatic heterocycles. The summed E-state index contributed by atoms with van der Waals surface area (Å²) in [4.78, 5) is 16.1. The van der Waals surface area contributed by atoms with Crippen molar-refractivity contribution in [2.75, 3.05) is 23.3 Å². The molecule has 1 aliphatic rings. The van der Waals surface area contributed by atoms with Crippen LogP contribution in [0.2, 0.25) is 0 Å². The van der Waals surface area contributed by atoms with Gasteiger partial charge in [0.1, 0.15) is 11.6 Å². The molecule has 0 atom stereocenters. The Morgan fingerprint density at radius 3 is 2.40 bits per heavy atom. The minimum atomic E-state index is -0.205. The quantitative estimate of drug-likeness (QED) is 0.528. The van der Waals surface area contributed by atoms with Crippen molar-refractivity contribution >= 4 is 22.4 Å². The Morgan fingerprint density at radius 2 is 1.60 bits per heavy atom. The molecule has 2 aromatic carbocycles. The van der Waals surface area contributed by atoms with E-state index in [9.17, 15) is 4.39 Å². The summed E-state index contributed by atoms with van der Waals surface area (Å²) in [5.74, 6) is 1.46. The van der Waals surface area contributed by atoms with E-state index in [2.05, 4.69) is 21.3 Å². The van der Waals surface area contributed by atoms with E-state index in [1.54, 1.807) is 24.5 Å². The fraction of sp³-hybridized carbons (Fsp3) is 0.208. The van der Waals surface area contributed by atoms with E-state index in [1.807, 2.05) is 36.4 Å². The molecule has 4 aromatic rings. The minimum absolute atomic E-state index is 0.205. The second kappa shape index (κ2) is 8.06. The Bertz CT molecular complexity index is 1160. The topological polar surface area (TPSA) is 53.9 Å². The molecule has 1 fully saturated rings. The highest BCUT2D eigenvalue weighted by molar-refractivity contribution is 5.91. The van der Waals surface area contributed by atoms with Gasteiger partial charge in [0.05, 0.1) is 11.2 Å². The second-order valence-corrected chi connectivity index (χ2v) is 7.51. The van der Waals surface area contributed by atoms with Crippen LogP contribution in [0.1, 0.15) is 12.8 Å². The normalized spacial score (nSPS) is 14.8. The number of nitrogens with one attached hydrogen (secondary N) is 1. The molecule has 1 aliphatic heterocycles. The standard InChI is InChI=1S/C24H22FN5/c25-20-6-2-4-8-22(20)27-18-11-15-30(16-12-18)24-19-5-1-3-7-21(19)28-23(29-24)17-9-13-26-14-10-17/h1-10,13-14,18,27H,11-12,15-16H2. The third kappa shape index (κ3) is 3.68. The van der Waals surface area contributed by atoms with Crippen molar-refractivity contribution in [3.8, 4) is 11.4 Å². The number of benzene rings is 2. The number of piperidine rings is 1. The highest BCUT2D eigenvalue weighted by Gasteiger charge is 2.23. The average molecular weight is 399 g/mol. The Balaban J connectivity index is 1.41. The van der Waals surface area contributed by atoms with Crippen LogP contribution in [0.15, 0.2) is 73.1 Å². The first-order valence-corrected chi connectivity index (χ1v) is 10.2. The van der Waals surface area contributed by atoms with Crippen LogP contribution in [0.4, 0.5) is 15.9 Å². The largest absolute Gasteiger partial charge is 0.380 e. The number of hydrogen-bond acceptors (Lipinski definition) is 5. The van der Waals surface area contributed by atoms with Gasteiger partial charge in [-0.2, -0.15) is 0 Å². The van der Waals surface area contributed by atoms with Gasteiger partial charge in [0.2, 0.25) is 0 Å². The van der Waals surface area contributed by atoms with Gasteiger partial charge in [0, 0.05) is 42.5 Å². The monoisotopic (exact) mass is 399 g/mol. The molecule has 0 spiro atoms. The van der Waals surface area contributed by atoms with Crippen molar-refractivity contribution < 1.29 is 4.39 Å². The van der Waals surface area contributed by atoms with Gasteiger partial charge in [-0.05, 0) is 49.2 Å². The van der Waals surface area contributed by atoms with E-state index in [0.717, 1.165) is 48.2 Å². The molecule has 5 nitrogen and oxygen atoms in total. The summed E-state index contributed by atoms with van der Waals surface area (Å²) in [6, 6.07) is 19.1. The molecule has 30 heavy (non-hydrogen) atoms. The lowest BCUT2D eigenvalue weighted by molar-refractivity contribution is 0.520. The zero-order valence-electron chi connectivity index (χ0n) is 16.5. The maximum atomic E-state index is 14.0. The predicted octanol–water partition coefficient (Wildman–Crippen LogP) is 4.91. The number of para-hydroxylation sites is 2. The van der Waals surface area contributed by atoms with Crippen LogP contribution in [0, 0.1) is 5.82 Å². The van der Waals surface area contributed by atoms with Gasteiger partial charge in [-0.3, -0.25) is 4.98 Å². The average Bonchev–Trinajstić information content (AvgIpc) is 2.81. The first-order chi connectivity index (χ1) is 14.8. The van der Waals surface area contributed by atoms with Crippen LogP contribution in [0.3, 0.4) is 0 Å². The highest BCUT2D eigenvalue weighted by atomic mass is 19.1. The minimum Gasteiger partial charge on any atom is -0.380 e. The smallest absolute Gasteiger partial charge is 0.162 e. The lowest BCUT2D eigenvalue weighted by Gasteiger charge is -2.34. The van der Waals surface area contributed by atoms with E-state index in [1.165, 1.54) is 6.07 Å². The van der Waals surface area contributed by atoms with Crippen LogP contribution < -0.4 is 10.2 Å². The zero-order chi connectivity index (χ0) is 20.3. The van der Waals surface area contributed by atoms with Crippen molar-refractivity contribution in [2.24, 2.45) is 0 Å². The number of hydrogen-bond donors (Lipinski definition) is 1. The molecule has 0 aliphatic carbocycles. The Hall–Kier alpha value is -3.54. The fourth-order valence-corrected chi connectivity index (χ4v) is 3.96. The number of fused-ring (bicyclic) bond motifs is 1. The summed E-state index contributed by atoms with van der Waals surface area (Å²) in [7, 11) is 0. The molecule has 150 valence electrons. The fourth-order valence-electron chi connectivity index (χ4n) is 3.96. The molecular weight excluding hydrogens is 377 g/mol. The summed E-state index contributed by atoms with van der Waals surface area (Å²) >= 11 is 0. The van der Waals surface area contributed by atoms with Gasteiger partial charge in [-0.25, -0.2) is 14.4 Å². The molecule has 0 amide bonds. The first-order valence-electron chi connectivity index (χ1n) is 10.2. The molecular formula is C24H22FN5. The van der Waals surface area contributed by atoms with Crippen LogP contribution in [0.25, 0.3) is 22.3 Å². The number of anilines is 2. The number of halogens is 1. The lowest BCUT2D eigenvalue weighted by atomic mass is 10.0. The summed E-state index contributed by atoms with van der Waals surface area (Å²) < 4.78 is 14.0. The van der Waals surface area contributed by atoms with Crippen LogP contribution >= 0.6 is 0 Å². The molecule has 1 N–H and O–H groups in total.